The molecule has 1 N–H and O–H groups in total. The number of thioether (sulfide) groups is 1. The van der Waals surface area contributed by atoms with E-state index in [-0.39, 0.29) is 23.8 Å². The molecule has 2 aromatic carbocycles. The maximum Gasteiger partial charge on any atom is 0.260 e. The molecule has 1 aliphatic carbocycles. The molecule has 1 aliphatic heterocycles. The number of nitrogens with zero attached hydrogens (tertiary/aromatic N) is 1. The summed E-state index contributed by atoms with van der Waals surface area (Å²) in [6.45, 7) is 2.58. The summed E-state index contributed by atoms with van der Waals surface area (Å²) < 4.78 is 10.7. The standard InChI is InChI=1S/C28H34N2O4S/c1-18-6-5-7-19(14-18)15-26-28(32)30(2)23-17-21(8-11-25(23)35-26)27(31)29-13-12-20-16-22(33-3)9-10-24(20)34-4/h5-7,9-10,14-16,21,23,25H,8,11-13,17H2,1-4H3,(H,29,31)/b26-15+. The van der Waals surface area contributed by atoms with Crippen molar-refractivity contribution in [3.63, 3.8) is 0 Å². The minimum Gasteiger partial charge on any atom is -0.497 e. The molecule has 2 fully saturated rings. The van der Waals surface area contributed by atoms with Crippen molar-refractivity contribution >= 4 is 29.7 Å². The third-order valence-electron chi connectivity index (χ3n) is 6.95. The number of amides is 2. The highest BCUT2D eigenvalue weighted by atomic mass is 32.2. The highest BCUT2D eigenvalue weighted by Crippen LogP contribution is 2.43. The molecular weight excluding hydrogens is 460 g/mol. The van der Waals surface area contributed by atoms with E-state index in [0.717, 1.165) is 40.4 Å². The molecule has 4 rings (SSSR count). The molecule has 2 aliphatic rings. The lowest BCUT2D eigenvalue weighted by molar-refractivity contribution is -0.131. The third-order valence-corrected chi connectivity index (χ3v) is 8.35. The van der Waals surface area contributed by atoms with Crippen LogP contribution in [0.5, 0.6) is 11.5 Å². The predicted octanol–water partition coefficient (Wildman–Crippen LogP) is 4.45. The van der Waals surface area contributed by atoms with Gasteiger partial charge in [-0.3, -0.25) is 9.59 Å². The largest absolute Gasteiger partial charge is 0.497 e. The Morgan fingerprint density at radius 3 is 2.74 bits per heavy atom. The van der Waals surface area contributed by atoms with Gasteiger partial charge in [-0.1, -0.05) is 29.8 Å². The molecule has 0 bridgehead atoms. The van der Waals surface area contributed by atoms with Gasteiger partial charge in [0.05, 0.1) is 19.1 Å². The summed E-state index contributed by atoms with van der Waals surface area (Å²) in [6.07, 6.45) is 5.11. The van der Waals surface area contributed by atoms with Crippen LogP contribution in [0.2, 0.25) is 0 Å². The van der Waals surface area contributed by atoms with Crippen LogP contribution in [0, 0.1) is 12.8 Å². The molecule has 1 saturated carbocycles. The van der Waals surface area contributed by atoms with Crippen LogP contribution < -0.4 is 14.8 Å². The third kappa shape index (κ3) is 5.84. The van der Waals surface area contributed by atoms with Crippen LogP contribution >= 0.6 is 11.8 Å². The molecule has 1 saturated heterocycles. The Labute approximate surface area is 212 Å². The number of hydrogen-bond donors (Lipinski definition) is 1. The number of carbonyl (C=O) groups excluding carboxylic acids is 2. The van der Waals surface area contributed by atoms with Crippen molar-refractivity contribution in [3.8, 4) is 11.5 Å². The minimum atomic E-state index is -0.0818. The second-order valence-corrected chi connectivity index (χ2v) is 10.6. The SMILES string of the molecule is COc1ccc(OC)c(CCNC(=O)C2CCC3S/C(=C/c4cccc(C)c4)C(=O)N(C)C3C2)c1. The lowest BCUT2D eigenvalue weighted by Crippen LogP contribution is -2.52. The number of likely N-dealkylation sites (N-methyl/N-ethyl adjacent to an activating group) is 1. The van der Waals surface area contributed by atoms with Crippen molar-refractivity contribution in [1.82, 2.24) is 10.2 Å². The number of rotatable bonds is 7. The molecular formula is C28H34N2O4S. The Morgan fingerprint density at radius 2 is 2.00 bits per heavy atom. The summed E-state index contributed by atoms with van der Waals surface area (Å²) in [5.74, 6) is 1.58. The summed E-state index contributed by atoms with van der Waals surface area (Å²) in [5, 5.41) is 3.42. The number of benzene rings is 2. The first-order valence-corrected chi connectivity index (χ1v) is 13.0. The Morgan fingerprint density at radius 1 is 1.17 bits per heavy atom. The van der Waals surface area contributed by atoms with E-state index in [1.165, 1.54) is 5.56 Å². The van der Waals surface area contributed by atoms with Gasteiger partial charge in [-0.25, -0.2) is 0 Å². The fraction of sp³-hybridized carbons (Fsp3) is 0.429. The minimum absolute atomic E-state index is 0.0453. The molecule has 0 spiro atoms. The van der Waals surface area contributed by atoms with Crippen LogP contribution in [-0.4, -0.2) is 55.8 Å². The van der Waals surface area contributed by atoms with Crippen molar-refractivity contribution in [2.24, 2.45) is 5.92 Å². The molecule has 2 amide bonds. The van der Waals surface area contributed by atoms with Gasteiger partial charge in [0.1, 0.15) is 11.5 Å². The Hall–Kier alpha value is -2.93. The fourth-order valence-corrected chi connectivity index (χ4v) is 6.47. The van der Waals surface area contributed by atoms with Crippen LogP contribution in [0.4, 0.5) is 0 Å². The maximum atomic E-state index is 13.1. The lowest BCUT2D eigenvalue weighted by atomic mass is 9.83. The number of nitrogens with one attached hydrogen (secondary N) is 1. The second-order valence-electron chi connectivity index (χ2n) is 9.29. The molecule has 1 heterocycles. The van der Waals surface area contributed by atoms with Crippen LogP contribution in [0.25, 0.3) is 6.08 Å². The van der Waals surface area contributed by atoms with Gasteiger partial charge in [-0.2, -0.15) is 0 Å². The van der Waals surface area contributed by atoms with Gasteiger partial charge < -0.3 is 19.7 Å². The summed E-state index contributed by atoms with van der Waals surface area (Å²) in [7, 11) is 5.15. The van der Waals surface area contributed by atoms with Crippen molar-refractivity contribution in [1.29, 1.82) is 0 Å². The average Bonchev–Trinajstić information content (AvgIpc) is 2.86. The summed E-state index contributed by atoms with van der Waals surface area (Å²) in [5.41, 5.74) is 3.22. The molecule has 7 heteroatoms. The summed E-state index contributed by atoms with van der Waals surface area (Å²) in [4.78, 5) is 28.7. The zero-order chi connectivity index (χ0) is 24.9. The molecule has 3 unspecified atom stereocenters. The average molecular weight is 495 g/mol. The van der Waals surface area contributed by atoms with Gasteiger partial charge in [0, 0.05) is 30.8 Å². The number of fused-ring (bicyclic) bond motifs is 1. The first kappa shape index (κ1) is 25.2. The quantitative estimate of drug-likeness (QED) is 0.576. The Bertz CT molecular complexity index is 1120. The maximum absolute atomic E-state index is 13.1. The van der Waals surface area contributed by atoms with Crippen LogP contribution in [0.15, 0.2) is 47.4 Å². The van der Waals surface area contributed by atoms with Crippen molar-refractivity contribution in [2.45, 2.75) is 43.9 Å². The topological polar surface area (TPSA) is 67.9 Å². The van der Waals surface area contributed by atoms with E-state index in [0.29, 0.717) is 24.6 Å². The van der Waals surface area contributed by atoms with E-state index >= 15 is 0 Å². The van der Waals surface area contributed by atoms with Crippen LogP contribution in [0.1, 0.15) is 36.0 Å². The lowest BCUT2D eigenvalue weighted by Gasteiger charge is -2.44. The van der Waals surface area contributed by atoms with Gasteiger partial charge in [-0.15, -0.1) is 11.8 Å². The Balaban J connectivity index is 1.35. The zero-order valence-electron chi connectivity index (χ0n) is 20.9. The van der Waals surface area contributed by atoms with E-state index in [4.69, 9.17) is 9.47 Å². The number of carbonyl (C=O) groups is 2. The normalized spacial score (nSPS) is 23.1. The zero-order valence-corrected chi connectivity index (χ0v) is 21.7. The Kier molecular flexibility index (Phi) is 8.06. The molecule has 186 valence electrons. The molecule has 35 heavy (non-hydrogen) atoms. The van der Waals surface area contributed by atoms with Crippen molar-refractivity contribution in [3.05, 3.63) is 64.1 Å². The number of aryl methyl sites for hydroxylation is 1. The highest BCUT2D eigenvalue weighted by Gasteiger charge is 2.42. The number of hydrogen-bond acceptors (Lipinski definition) is 5. The van der Waals surface area contributed by atoms with Gasteiger partial charge >= 0.3 is 0 Å². The fourth-order valence-electron chi connectivity index (χ4n) is 4.99. The molecule has 0 radical (unpaired) electrons. The number of ether oxygens (including phenoxy) is 2. The van der Waals surface area contributed by atoms with E-state index in [1.807, 2.05) is 48.4 Å². The van der Waals surface area contributed by atoms with Gasteiger partial charge in [-0.05, 0) is 68.0 Å². The van der Waals surface area contributed by atoms with Gasteiger partial charge in [0.15, 0.2) is 0 Å². The van der Waals surface area contributed by atoms with E-state index in [2.05, 4.69) is 24.4 Å². The van der Waals surface area contributed by atoms with Crippen LogP contribution in [-0.2, 0) is 16.0 Å². The van der Waals surface area contributed by atoms with E-state index in [1.54, 1.807) is 26.0 Å². The van der Waals surface area contributed by atoms with Gasteiger partial charge in [0.2, 0.25) is 5.91 Å². The predicted molar refractivity (Wildman–Crippen MR) is 141 cm³/mol. The van der Waals surface area contributed by atoms with Crippen molar-refractivity contribution < 1.29 is 19.1 Å². The highest BCUT2D eigenvalue weighted by molar-refractivity contribution is 8.04. The van der Waals surface area contributed by atoms with E-state index < -0.39 is 0 Å². The smallest absolute Gasteiger partial charge is 0.260 e. The van der Waals surface area contributed by atoms with Crippen molar-refractivity contribution in [2.75, 3.05) is 27.8 Å². The monoisotopic (exact) mass is 494 g/mol. The van der Waals surface area contributed by atoms with Gasteiger partial charge in [0.25, 0.3) is 5.91 Å². The first-order valence-electron chi connectivity index (χ1n) is 12.1. The first-order chi connectivity index (χ1) is 16.9. The second kappa shape index (κ2) is 11.2. The molecule has 0 aromatic heterocycles. The summed E-state index contributed by atoms with van der Waals surface area (Å²) >= 11 is 1.68. The van der Waals surface area contributed by atoms with Crippen LogP contribution in [0.3, 0.4) is 0 Å². The number of methoxy groups -OCH3 is 2. The molecule has 2 aromatic rings. The van der Waals surface area contributed by atoms with E-state index in [9.17, 15) is 9.59 Å². The molecule has 3 atom stereocenters. The summed E-state index contributed by atoms with van der Waals surface area (Å²) in [6, 6.07) is 14.0. The molecule has 6 nitrogen and oxygen atoms in total.